The van der Waals surface area contributed by atoms with E-state index in [4.69, 9.17) is 0 Å². The molecule has 2 N–H and O–H groups in total. The molecule has 2 rings (SSSR count). The predicted molar refractivity (Wildman–Crippen MR) is 126 cm³/mol. The van der Waals surface area contributed by atoms with Crippen LogP contribution < -0.4 is 10.6 Å². The zero-order valence-corrected chi connectivity index (χ0v) is 20.5. The molecule has 0 aliphatic carbocycles. The summed E-state index contributed by atoms with van der Waals surface area (Å²) in [4.78, 5) is 4.68. The van der Waals surface area contributed by atoms with Crippen molar-refractivity contribution in [1.82, 2.24) is 10.6 Å². The van der Waals surface area contributed by atoms with E-state index in [2.05, 4.69) is 15.6 Å². The van der Waals surface area contributed by atoms with Gasteiger partial charge in [0, 0.05) is 26.4 Å². The van der Waals surface area contributed by atoms with Crippen LogP contribution in [0.25, 0.3) is 0 Å². The standard InChI is InChI=1S/C19H25N3O4S2.HI/c1-15-13-16(9-10-18(15)27(3,23)24)14-22-19(20-2)21-11-12-28(25,26)17-7-5-4-6-8-17;/h4-10,13H,11-12,14H2,1-3H3,(H2,20,21,22);1H. The molecule has 0 spiro atoms. The Balaban J connectivity index is 0.00000420. The van der Waals surface area contributed by atoms with E-state index in [1.54, 1.807) is 62.5 Å². The number of aryl methyl sites for hydroxylation is 1. The molecule has 7 nitrogen and oxygen atoms in total. The van der Waals surface area contributed by atoms with Crippen molar-refractivity contribution < 1.29 is 16.8 Å². The molecular formula is C19H26IN3O4S2. The molecule has 0 heterocycles. The third-order valence-corrected chi connectivity index (χ3v) is 7.08. The van der Waals surface area contributed by atoms with Crippen LogP contribution in [0.5, 0.6) is 0 Å². The second kappa shape index (κ2) is 10.9. The van der Waals surface area contributed by atoms with Gasteiger partial charge in [-0.1, -0.05) is 30.3 Å². The minimum atomic E-state index is -3.36. The molecule has 0 amide bonds. The highest BCUT2D eigenvalue weighted by Crippen LogP contribution is 2.16. The molecule has 0 aliphatic heterocycles. The summed E-state index contributed by atoms with van der Waals surface area (Å²) in [6, 6.07) is 13.4. The number of halogens is 1. The lowest BCUT2D eigenvalue weighted by Crippen LogP contribution is -2.39. The molecule has 0 saturated carbocycles. The minimum Gasteiger partial charge on any atom is -0.355 e. The number of aliphatic imine (C=N–C) groups is 1. The summed E-state index contributed by atoms with van der Waals surface area (Å²) >= 11 is 0. The summed E-state index contributed by atoms with van der Waals surface area (Å²) in [5.41, 5.74) is 1.57. The maximum Gasteiger partial charge on any atom is 0.191 e. The highest BCUT2D eigenvalue weighted by atomic mass is 127. The smallest absolute Gasteiger partial charge is 0.191 e. The maximum atomic E-state index is 12.3. The quantitative estimate of drug-likeness (QED) is 0.311. The van der Waals surface area contributed by atoms with Gasteiger partial charge in [-0.15, -0.1) is 24.0 Å². The van der Waals surface area contributed by atoms with E-state index in [-0.39, 0.29) is 36.3 Å². The van der Waals surface area contributed by atoms with Crippen molar-refractivity contribution >= 4 is 49.6 Å². The zero-order chi connectivity index (χ0) is 20.8. The van der Waals surface area contributed by atoms with Crippen LogP contribution in [0.15, 0.2) is 63.3 Å². The molecule has 0 fully saturated rings. The fraction of sp³-hybridized carbons (Fsp3) is 0.316. The van der Waals surface area contributed by atoms with E-state index in [9.17, 15) is 16.8 Å². The Morgan fingerprint density at radius 2 is 1.66 bits per heavy atom. The van der Waals surface area contributed by atoms with Crippen LogP contribution in [0.4, 0.5) is 0 Å². The van der Waals surface area contributed by atoms with Crippen molar-refractivity contribution in [2.24, 2.45) is 4.99 Å². The number of guanidine groups is 1. The van der Waals surface area contributed by atoms with Crippen molar-refractivity contribution in [3.8, 4) is 0 Å². The van der Waals surface area contributed by atoms with E-state index in [0.29, 0.717) is 27.9 Å². The number of nitrogens with one attached hydrogen (secondary N) is 2. The molecule has 0 aromatic heterocycles. The first-order valence-electron chi connectivity index (χ1n) is 8.65. The van der Waals surface area contributed by atoms with Crippen molar-refractivity contribution in [1.29, 1.82) is 0 Å². The summed E-state index contributed by atoms with van der Waals surface area (Å²) < 4.78 is 47.9. The van der Waals surface area contributed by atoms with Crippen molar-refractivity contribution in [2.45, 2.75) is 23.3 Å². The third kappa shape index (κ3) is 7.59. The molecular weight excluding hydrogens is 525 g/mol. The fourth-order valence-electron chi connectivity index (χ4n) is 2.69. The van der Waals surface area contributed by atoms with Crippen LogP contribution >= 0.6 is 24.0 Å². The molecule has 0 saturated heterocycles. The normalized spacial score (nSPS) is 12.2. The van der Waals surface area contributed by atoms with Crippen LogP contribution in [-0.4, -0.2) is 48.4 Å². The Kier molecular flexibility index (Phi) is 9.56. The Bertz CT molecular complexity index is 1050. The average Bonchev–Trinajstić information content (AvgIpc) is 2.64. The number of sulfone groups is 2. The second-order valence-corrected chi connectivity index (χ2v) is 10.4. The fourth-order valence-corrected chi connectivity index (χ4v) is 4.83. The van der Waals surface area contributed by atoms with Crippen LogP contribution in [-0.2, 0) is 26.2 Å². The molecule has 0 radical (unpaired) electrons. The van der Waals surface area contributed by atoms with Gasteiger partial charge in [-0.25, -0.2) is 16.8 Å². The first-order valence-corrected chi connectivity index (χ1v) is 12.2. The molecule has 0 bridgehead atoms. The Morgan fingerprint density at radius 1 is 1.00 bits per heavy atom. The van der Waals surface area contributed by atoms with Gasteiger partial charge in [-0.3, -0.25) is 4.99 Å². The molecule has 10 heteroatoms. The molecule has 0 atom stereocenters. The van der Waals surface area contributed by atoms with Gasteiger partial charge < -0.3 is 10.6 Å². The summed E-state index contributed by atoms with van der Waals surface area (Å²) in [6.45, 7) is 2.39. The molecule has 0 unspecified atom stereocenters. The Labute approximate surface area is 189 Å². The molecule has 160 valence electrons. The van der Waals surface area contributed by atoms with Crippen molar-refractivity contribution in [2.75, 3.05) is 25.6 Å². The summed E-state index contributed by atoms with van der Waals surface area (Å²) in [5.74, 6) is 0.410. The van der Waals surface area contributed by atoms with Crippen LogP contribution in [0.2, 0.25) is 0 Å². The zero-order valence-electron chi connectivity index (χ0n) is 16.5. The average molecular weight is 551 g/mol. The summed E-state index contributed by atoms with van der Waals surface area (Å²) in [6.07, 6.45) is 1.18. The van der Waals surface area contributed by atoms with Gasteiger partial charge in [-0.05, 0) is 36.2 Å². The summed E-state index contributed by atoms with van der Waals surface area (Å²) in [7, 11) is -5.01. The van der Waals surface area contributed by atoms with Crippen LogP contribution in [0.3, 0.4) is 0 Å². The lowest BCUT2D eigenvalue weighted by Gasteiger charge is -2.13. The topological polar surface area (TPSA) is 105 Å². The molecule has 2 aromatic rings. The van der Waals surface area contributed by atoms with Gasteiger partial charge in [0.15, 0.2) is 25.6 Å². The number of hydrogen-bond donors (Lipinski definition) is 2. The highest BCUT2D eigenvalue weighted by molar-refractivity contribution is 14.0. The van der Waals surface area contributed by atoms with Gasteiger partial charge in [0.25, 0.3) is 0 Å². The first kappa shape index (κ1) is 25.4. The lowest BCUT2D eigenvalue weighted by molar-refractivity contribution is 0.594. The van der Waals surface area contributed by atoms with Crippen LogP contribution in [0.1, 0.15) is 11.1 Å². The van der Waals surface area contributed by atoms with Crippen LogP contribution in [0, 0.1) is 6.92 Å². The number of hydrogen-bond acceptors (Lipinski definition) is 5. The lowest BCUT2D eigenvalue weighted by atomic mass is 10.1. The van der Waals surface area contributed by atoms with E-state index in [1.807, 2.05) is 0 Å². The molecule has 0 aliphatic rings. The number of rotatable bonds is 7. The predicted octanol–water partition coefficient (Wildman–Crippen LogP) is 2.16. The summed E-state index contributed by atoms with van der Waals surface area (Å²) in [5, 5.41) is 6.07. The van der Waals surface area contributed by atoms with E-state index in [0.717, 1.165) is 5.56 Å². The maximum absolute atomic E-state index is 12.3. The second-order valence-electron chi connectivity index (χ2n) is 6.36. The van der Waals surface area contributed by atoms with E-state index < -0.39 is 19.7 Å². The highest BCUT2D eigenvalue weighted by Gasteiger charge is 2.14. The third-order valence-electron chi connectivity index (χ3n) is 4.09. The van der Waals surface area contributed by atoms with Crippen molar-refractivity contribution in [3.05, 3.63) is 59.7 Å². The SMILES string of the molecule is CN=C(NCCS(=O)(=O)c1ccccc1)NCc1ccc(S(C)(=O)=O)c(C)c1.I. The van der Waals surface area contributed by atoms with Gasteiger partial charge in [-0.2, -0.15) is 0 Å². The van der Waals surface area contributed by atoms with Gasteiger partial charge in [0.2, 0.25) is 0 Å². The van der Waals surface area contributed by atoms with E-state index >= 15 is 0 Å². The van der Waals surface area contributed by atoms with Gasteiger partial charge >= 0.3 is 0 Å². The van der Waals surface area contributed by atoms with Gasteiger partial charge in [0.05, 0.1) is 15.5 Å². The minimum absolute atomic E-state index is 0. The monoisotopic (exact) mass is 551 g/mol. The Morgan fingerprint density at radius 3 is 2.21 bits per heavy atom. The van der Waals surface area contributed by atoms with Crippen molar-refractivity contribution in [3.63, 3.8) is 0 Å². The molecule has 2 aromatic carbocycles. The number of benzene rings is 2. The Hall–Kier alpha value is -1.66. The van der Waals surface area contributed by atoms with E-state index in [1.165, 1.54) is 6.26 Å². The first-order chi connectivity index (χ1) is 13.1. The molecule has 29 heavy (non-hydrogen) atoms. The number of nitrogens with zero attached hydrogens (tertiary/aromatic N) is 1. The largest absolute Gasteiger partial charge is 0.355 e. The van der Waals surface area contributed by atoms with Gasteiger partial charge in [0.1, 0.15) is 0 Å².